The standard InChI is InChI=1S/C11H12F2N4S/c1-6-2-3-7(18-6)5-15-10-8(12)4-9(13)11(16-10)17-14/h2-4H,5,14H2,1H3,(H2,15,16,17). The molecule has 0 aromatic carbocycles. The molecule has 0 aliphatic carbocycles. The van der Waals surface area contributed by atoms with Gasteiger partial charge in [-0.05, 0) is 19.1 Å². The largest absolute Gasteiger partial charge is 0.363 e. The number of nitrogens with two attached hydrogens (primary N) is 1. The summed E-state index contributed by atoms with van der Waals surface area (Å²) >= 11 is 1.60. The summed E-state index contributed by atoms with van der Waals surface area (Å²) in [6.45, 7) is 2.42. The number of hydrazine groups is 1. The van der Waals surface area contributed by atoms with Crippen LogP contribution < -0.4 is 16.6 Å². The van der Waals surface area contributed by atoms with Gasteiger partial charge in [0, 0.05) is 15.8 Å². The number of halogens is 2. The zero-order chi connectivity index (χ0) is 13.1. The predicted molar refractivity (Wildman–Crippen MR) is 68.3 cm³/mol. The number of hydrogen-bond donors (Lipinski definition) is 3. The number of pyridine rings is 1. The van der Waals surface area contributed by atoms with Crippen LogP contribution in [0.15, 0.2) is 18.2 Å². The number of nitrogen functional groups attached to an aromatic ring is 1. The molecule has 4 nitrogen and oxygen atoms in total. The highest BCUT2D eigenvalue weighted by atomic mass is 32.1. The van der Waals surface area contributed by atoms with Crippen molar-refractivity contribution in [1.29, 1.82) is 0 Å². The maximum Gasteiger partial charge on any atom is 0.178 e. The van der Waals surface area contributed by atoms with Gasteiger partial charge in [-0.15, -0.1) is 11.3 Å². The van der Waals surface area contributed by atoms with Crippen molar-refractivity contribution in [2.75, 3.05) is 10.7 Å². The molecule has 2 aromatic rings. The number of hydrogen-bond acceptors (Lipinski definition) is 5. The Bertz CT molecular complexity index is 556. The topological polar surface area (TPSA) is 63.0 Å². The predicted octanol–water partition coefficient (Wildman–Crippen LogP) is 2.63. The normalized spacial score (nSPS) is 10.4. The molecule has 7 heteroatoms. The molecule has 96 valence electrons. The average Bonchev–Trinajstić information content (AvgIpc) is 2.74. The second kappa shape index (κ2) is 5.28. The van der Waals surface area contributed by atoms with Crippen molar-refractivity contribution >= 4 is 23.0 Å². The Morgan fingerprint density at radius 2 is 2.00 bits per heavy atom. The molecule has 18 heavy (non-hydrogen) atoms. The van der Waals surface area contributed by atoms with Gasteiger partial charge in [-0.1, -0.05) is 0 Å². The van der Waals surface area contributed by atoms with Gasteiger partial charge in [0.1, 0.15) is 0 Å². The highest BCUT2D eigenvalue weighted by Gasteiger charge is 2.11. The lowest BCUT2D eigenvalue weighted by Gasteiger charge is -2.08. The maximum atomic E-state index is 13.4. The second-order valence-electron chi connectivity index (χ2n) is 3.66. The third-order valence-corrected chi connectivity index (χ3v) is 3.29. The van der Waals surface area contributed by atoms with Gasteiger partial charge in [-0.25, -0.2) is 19.6 Å². The van der Waals surface area contributed by atoms with E-state index in [1.54, 1.807) is 11.3 Å². The number of nitrogens with one attached hydrogen (secondary N) is 2. The third-order valence-electron chi connectivity index (χ3n) is 2.29. The van der Waals surface area contributed by atoms with Gasteiger partial charge in [-0.2, -0.15) is 0 Å². The monoisotopic (exact) mass is 270 g/mol. The van der Waals surface area contributed by atoms with E-state index in [1.807, 2.05) is 19.1 Å². The summed E-state index contributed by atoms with van der Waals surface area (Å²) in [5, 5.41) is 2.81. The Balaban J connectivity index is 2.13. The molecule has 0 saturated heterocycles. The number of anilines is 2. The van der Waals surface area contributed by atoms with E-state index < -0.39 is 11.6 Å². The van der Waals surface area contributed by atoms with E-state index in [0.717, 1.165) is 10.9 Å². The minimum absolute atomic E-state index is 0.0320. The van der Waals surface area contributed by atoms with Gasteiger partial charge in [0.25, 0.3) is 0 Å². The van der Waals surface area contributed by atoms with Crippen LogP contribution in [0.2, 0.25) is 0 Å². The molecule has 0 fully saturated rings. The number of rotatable bonds is 4. The summed E-state index contributed by atoms with van der Waals surface area (Å²) in [6, 6.07) is 4.66. The highest BCUT2D eigenvalue weighted by Crippen LogP contribution is 2.20. The van der Waals surface area contributed by atoms with Crippen molar-refractivity contribution < 1.29 is 8.78 Å². The van der Waals surface area contributed by atoms with Crippen LogP contribution in [0.1, 0.15) is 9.75 Å². The lowest BCUT2D eigenvalue weighted by Crippen LogP contribution is -2.13. The lowest BCUT2D eigenvalue weighted by molar-refractivity contribution is 0.578. The van der Waals surface area contributed by atoms with Crippen molar-refractivity contribution in [2.45, 2.75) is 13.5 Å². The summed E-state index contributed by atoms with van der Waals surface area (Å²) in [5.74, 6) is 3.28. The van der Waals surface area contributed by atoms with Crippen molar-refractivity contribution in [3.8, 4) is 0 Å². The fourth-order valence-corrected chi connectivity index (χ4v) is 2.27. The van der Waals surface area contributed by atoms with E-state index in [1.165, 1.54) is 4.88 Å². The number of nitrogens with zero attached hydrogens (tertiary/aromatic N) is 1. The van der Waals surface area contributed by atoms with Gasteiger partial charge in [-0.3, -0.25) is 0 Å². The van der Waals surface area contributed by atoms with Crippen LogP contribution >= 0.6 is 11.3 Å². The zero-order valence-corrected chi connectivity index (χ0v) is 10.4. The molecule has 4 N–H and O–H groups in total. The van der Waals surface area contributed by atoms with Crippen LogP contribution in [0, 0.1) is 18.6 Å². The molecule has 2 heterocycles. The van der Waals surface area contributed by atoms with E-state index in [-0.39, 0.29) is 11.6 Å². The molecule has 0 amide bonds. The van der Waals surface area contributed by atoms with Gasteiger partial charge in [0.15, 0.2) is 23.3 Å². The number of thiophene rings is 1. The van der Waals surface area contributed by atoms with Crippen LogP contribution in [0.5, 0.6) is 0 Å². The van der Waals surface area contributed by atoms with Crippen molar-refractivity contribution in [2.24, 2.45) is 5.84 Å². The number of aryl methyl sites for hydroxylation is 1. The van der Waals surface area contributed by atoms with E-state index in [9.17, 15) is 8.78 Å². The molecule has 0 atom stereocenters. The van der Waals surface area contributed by atoms with Gasteiger partial charge in [0.05, 0.1) is 6.54 Å². The summed E-state index contributed by atoms with van der Waals surface area (Å²) in [4.78, 5) is 5.93. The Morgan fingerprint density at radius 1 is 1.28 bits per heavy atom. The van der Waals surface area contributed by atoms with E-state index in [2.05, 4.69) is 15.7 Å². The molecule has 0 aliphatic heterocycles. The molecule has 0 unspecified atom stereocenters. The highest BCUT2D eigenvalue weighted by molar-refractivity contribution is 7.11. The van der Waals surface area contributed by atoms with E-state index in [4.69, 9.17) is 5.84 Å². The Labute approximate surface area is 107 Å². The molecule has 2 rings (SSSR count). The first-order valence-corrected chi connectivity index (χ1v) is 6.03. The molecule has 0 saturated carbocycles. The molecule has 0 spiro atoms. The van der Waals surface area contributed by atoms with Crippen LogP contribution in [0.3, 0.4) is 0 Å². The first kappa shape index (κ1) is 12.7. The van der Waals surface area contributed by atoms with Crippen molar-refractivity contribution in [1.82, 2.24) is 4.98 Å². The summed E-state index contributed by atoms with van der Waals surface area (Å²) in [7, 11) is 0. The van der Waals surface area contributed by atoms with Crippen LogP contribution in [0.4, 0.5) is 20.4 Å². The number of aromatic nitrogens is 1. The lowest BCUT2D eigenvalue weighted by atomic mass is 10.4. The molecule has 0 radical (unpaired) electrons. The molecular weight excluding hydrogens is 258 g/mol. The average molecular weight is 270 g/mol. The summed E-state index contributed by atoms with van der Waals surface area (Å²) in [6.07, 6.45) is 0. The maximum absolute atomic E-state index is 13.4. The SMILES string of the molecule is Cc1ccc(CNc2nc(NN)c(F)cc2F)s1. The van der Waals surface area contributed by atoms with Crippen molar-refractivity contribution in [3.63, 3.8) is 0 Å². The fourth-order valence-electron chi connectivity index (χ4n) is 1.44. The third kappa shape index (κ3) is 2.74. The first-order valence-electron chi connectivity index (χ1n) is 5.22. The summed E-state index contributed by atoms with van der Waals surface area (Å²) in [5.41, 5.74) is 2.07. The van der Waals surface area contributed by atoms with Gasteiger partial charge in [0.2, 0.25) is 0 Å². The van der Waals surface area contributed by atoms with Gasteiger partial charge < -0.3 is 10.7 Å². The Hall–Kier alpha value is -1.73. The van der Waals surface area contributed by atoms with E-state index in [0.29, 0.717) is 6.54 Å². The van der Waals surface area contributed by atoms with E-state index >= 15 is 0 Å². The quantitative estimate of drug-likeness (QED) is 0.590. The van der Waals surface area contributed by atoms with Crippen LogP contribution in [0.25, 0.3) is 0 Å². The second-order valence-corrected chi connectivity index (χ2v) is 5.03. The zero-order valence-electron chi connectivity index (χ0n) is 9.63. The summed E-state index contributed by atoms with van der Waals surface area (Å²) < 4.78 is 26.6. The van der Waals surface area contributed by atoms with Crippen LogP contribution in [-0.4, -0.2) is 4.98 Å². The first-order chi connectivity index (χ1) is 8.60. The van der Waals surface area contributed by atoms with Gasteiger partial charge >= 0.3 is 0 Å². The molecule has 0 bridgehead atoms. The van der Waals surface area contributed by atoms with Crippen LogP contribution in [-0.2, 0) is 6.54 Å². The fraction of sp³-hybridized carbons (Fsp3) is 0.182. The minimum Gasteiger partial charge on any atom is -0.363 e. The molecular formula is C11H12F2N4S. The molecule has 2 aromatic heterocycles. The smallest absolute Gasteiger partial charge is 0.178 e. The van der Waals surface area contributed by atoms with Crippen molar-refractivity contribution in [3.05, 3.63) is 39.6 Å². The Kier molecular flexibility index (Phi) is 3.73. The minimum atomic E-state index is -0.826. The molecule has 0 aliphatic rings. The Morgan fingerprint density at radius 3 is 2.61 bits per heavy atom.